The van der Waals surface area contributed by atoms with Crippen LogP contribution in [0.5, 0.6) is 0 Å². The molecule has 1 fully saturated rings. The fraction of sp³-hybridized carbons (Fsp3) is 0.556. The molecule has 0 radical (unpaired) electrons. The van der Waals surface area contributed by atoms with Crippen LogP contribution in [0.25, 0.3) is 0 Å². The van der Waals surface area contributed by atoms with Crippen molar-refractivity contribution in [1.29, 1.82) is 10.5 Å². The van der Waals surface area contributed by atoms with Crippen LogP contribution in [0.1, 0.15) is 6.42 Å². The number of hydrogen-bond acceptors (Lipinski definition) is 5. The van der Waals surface area contributed by atoms with Crippen LogP contribution in [0.15, 0.2) is 11.4 Å². The summed E-state index contributed by atoms with van der Waals surface area (Å²) >= 11 is 0. The van der Waals surface area contributed by atoms with Gasteiger partial charge < -0.3 is 15.3 Å². The van der Waals surface area contributed by atoms with Crippen molar-refractivity contribution in [1.82, 2.24) is 10.2 Å². The largest absolute Gasteiger partial charge is 0.396 e. The second-order valence-electron chi connectivity index (χ2n) is 2.94. The third kappa shape index (κ3) is 2.15. The molecule has 0 aromatic rings. The highest BCUT2D eigenvalue weighted by Gasteiger charge is 2.19. The predicted octanol–water partition coefficient (Wildman–Crippen LogP) is -0.467. The first-order valence-corrected chi connectivity index (χ1v) is 4.47. The Hall–Kier alpha value is -1.72. The van der Waals surface area contributed by atoms with Crippen molar-refractivity contribution >= 4 is 0 Å². The minimum Gasteiger partial charge on any atom is -0.396 e. The fourth-order valence-electron chi connectivity index (χ4n) is 1.40. The minimum atomic E-state index is 0.112. The van der Waals surface area contributed by atoms with Gasteiger partial charge in [-0.05, 0) is 6.42 Å². The summed E-state index contributed by atoms with van der Waals surface area (Å²) in [5.74, 6) is 0.600. The lowest BCUT2D eigenvalue weighted by Crippen LogP contribution is -2.23. The molecule has 5 nitrogen and oxygen atoms in total. The Labute approximate surface area is 82.9 Å². The summed E-state index contributed by atoms with van der Waals surface area (Å²) in [6.07, 6.45) is 0.648. The molecule has 0 amide bonds. The first-order chi connectivity index (χ1) is 6.83. The van der Waals surface area contributed by atoms with Crippen molar-refractivity contribution in [2.75, 3.05) is 26.2 Å². The normalized spacial score (nSPS) is 14.5. The molecule has 1 saturated heterocycles. The first-order valence-electron chi connectivity index (χ1n) is 4.47. The van der Waals surface area contributed by atoms with Gasteiger partial charge >= 0.3 is 0 Å². The molecule has 0 aliphatic carbocycles. The van der Waals surface area contributed by atoms with E-state index in [0.29, 0.717) is 18.8 Å². The number of rotatable bonds is 3. The van der Waals surface area contributed by atoms with Gasteiger partial charge in [0.1, 0.15) is 18.0 Å². The van der Waals surface area contributed by atoms with Gasteiger partial charge in [0.05, 0.1) is 0 Å². The lowest BCUT2D eigenvalue weighted by molar-refractivity contribution is 0.261. The van der Waals surface area contributed by atoms with E-state index in [2.05, 4.69) is 5.32 Å². The molecule has 0 bridgehead atoms. The zero-order valence-corrected chi connectivity index (χ0v) is 7.82. The summed E-state index contributed by atoms with van der Waals surface area (Å²) in [4.78, 5) is 1.91. The Kier molecular flexibility index (Phi) is 3.78. The quantitative estimate of drug-likeness (QED) is 0.591. The average Bonchev–Trinajstić information content (AvgIpc) is 2.65. The molecule has 0 atom stereocenters. The summed E-state index contributed by atoms with van der Waals surface area (Å²) < 4.78 is 0. The van der Waals surface area contributed by atoms with Gasteiger partial charge in [0.25, 0.3) is 0 Å². The Morgan fingerprint density at radius 1 is 1.50 bits per heavy atom. The second kappa shape index (κ2) is 5.11. The molecule has 14 heavy (non-hydrogen) atoms. The molecule has 1 rings (SSSR count). The van der Waals surface area contributed by atoms with E-state index in [0.717, 1.165) is 13.1 Å². The molecule has 1 heterocycles. The zero-order valence-electron chi connectivity index (χ0n) is 7.82. The molecule has 0 aromatic carbocycles. The molecule has 5 heteroatoms. The summed E-state index contributed by atoms with van der Waals surface area (Å²) in [7, 11) is 0. The maximum atomic E-state index is 8.68. The van der Waals surface area contributed by atoms with Crippen LogP contribution in [0.3, 0.4) is 0 Å². The Balaban J connectivity index is 2.74. The minimum absolute atomic E-state index is 0.112. The molecule has 2 N–H and O–H groups in total. The lowest BCUT2D eigenvalue weighted by atomic mass is 10.3. The molecule has 0 aromatic heterocycles. The van der Waals surface area contributed by atoms with Gasteiger partial charge in [-0.2, -0.15) is 10.5 Å². The molecule has 0 spiro atoms. The van der Waals surface area contributed by atoms with Crippen molar-refractivity contribution in [3.05, 3.63) is 11.4 Å². The molecule has 74 valence electrons. The van der Waals surface area contributed by atoms with Gasteiger partial charge in [-0.3, -0.25) is 0 Å². The van der Waals surface area contributed by atoms with Crippen LogP contribution in [0.2, 0.25) is 0 Å². The van der Waals surface area contributed by atoms with E-state index < -0.39 is 0 Å². The summed E-state index contributed by atoms with van der Waals surface area (Å²) in [5.41, 5.74) is 0.112. The predicted molar refractivity (Wildman–Crippen MR) is 49.5 cm³/mol. The molecule has 1 aliphatic rings. The third-order valence-corrected chi connectivity index (χ3v) is 2.04. The van der Waals surface area contributed by atoms with Crippen molar-refractivity contribution in [3.63, 3.8) is 0 Å². The van der Waals surface area contributed by atoms with E-state index in [4.69, 9.17) is 15.6 Å². The zero-order chi connectivity index (χ0) is 10.4. The number of allylic oxidation sites excluding steroid dienone is 1. The maximum Gasteiger partial charge on any atom is 0.169 e. The Bertz CT molecular complexity index is 294. The van der Waals surface area contributed by atoms with Gasteiger partial charge in [-0.25, -0.2) is 0 Å². The van der Waals surface area contributed by atoms with E-state index in [-0.39, 0.29) is 12.2 Å². The number of aliphatic hydroxyl groups is 1. The number of aliphatic hydroxyl groups excluding tert-OH is 1. The highest BCUT2D eigenvalue weighted by atomic mass is 16.3. The van der Waals surface area contributed by atoms with Crippen LogP contribution >= 0.6 is 0 Å². The van der Waals surface area contributed by atoms with E-state index in [1.165, 1.54) is 0 Å². The number of hydrogen-bond donors (Lipinski definition) is 2. The highest BCUT2D eigenvalue weighted by molar-refractivity contribution is 5.39. The monoisotopic (exact) mass is 192 g/mol. The molecule has 0 unspecified atom stereocenters. The van der Waals surface area contributed by atoms with E-state index in [9.17, 15) is 0 Å². The Morgan fingerprint density at radius 3 is 2.79 bits per heavy atom. The van der Waals surface area contributed by atoms with Gasteiger partial charge in [-0.1, -0.05) is 0 Å². The molecular formula is C9H12N4O. The third-order valence-electron chi connectivity index (χ3n) is 2.04. The van der Waals surface area contributed by atoms with Crippen LogP contribution in [-0.2, 0) is 0 Å². The van der Waals surface area contributed by atoms with E-state index in [1.54, 1.807) is 0 Å². The van der Waals surface area contributed by atoms with E-state index >= 15 is 0 Å². The standard InChI is InChI=1S/C9H12N4O/c10-6-8(7-11)9-12-2-4-13(9)3-1-5-14/h12,14H,1-5H2. The SMILES string of the molecule is N#CC(C#N)=C1NCCN1CCCO. The topological polar surface area (TPSA) is 83.1 Å². The van der Waals surface area contributed by atoms with Crippen molar-refractivity contribution in [2.24, 2.45) is 0 Å². The summed E-state index contributed by atoms with van der Waals surface area (Å²) in [5, 5.41) is 29.0. The first kappa shape index (κ1) is 10.4. The van der Waals surface area contributed by atoms with Crippen LogP contribution in [-0.4, -0.2) is 36.2 Å². The summed E-state index contributed by atoms with van der Waals surface area (Å²) in [6.45, 7) is 2.32. The highest BCUT2D eigenvalue weighted by Crippen LogP contribution is 2.11. The smallest absolute Gasteiger partial charge is 0.169 e. The van der Waals surface area contributed by atoms with Gasteiger partial charge in [0.15, 0.2) is 5.57 Å². The van der Waals surface area contributed by atoms with Crippen LogP contribution in [0.4, 0.5) is 0 Å². The average molecular weight is 192 g/mol. The number of nitrogens with one attached hydrogen (secondary N) is 1. The van der Waals surface area contributed by atoms with Gasteiger partial charge in [0, 0.05) is 26.2 Å². The van der Waals surface area contributed by atoms with Crippen molar-refractivity contribution in [3.8, 4) is 12.1 Å². The number of nitriles is 2. The second-order valence-corrected chi connectivity index (χ2v) is 2.94. The molecule has 0 saturated carbocycles. The Morgan fingerprint density at radius 2 is 2.21 bits per heavy atom. The van der Waals surface area contributed by atoms with Crippen LogP contribution < -0.4 is 5.32 Å². The van der Waals surface area contributed by atoms with Gasteiger partial charge in [-0.15, -0.1) is 0 Å². The van der Waals surface area contributed by atoms with E-state index in [1.807, 2.05) is 17.0 Å². The molecule has 1 aliphatic heterocycles. The fourth-order valence-corrected chi connectivity index (χ4v) is 1.40. The summed E-state index contributed by atoms with van der Waals surface area (Å²) in [6, 6.07) is 3.70. The number of nitrogens with zero attached hydrogens (tertiary/aromatic N) is 3. The molecular weight excluding hydrogens is 180 g/mol. The van der Waals surface area contributed by atoms with Crippen LogP contribution in [0, 0.1) is 22.7 Å². The van der Waals surface area contributed by atoms with Crippen molar-refractivity contribution in [2.45, 2.75) is 6.42 Å². The maximum absolute atomic E-state index is 8.68. The van der Waals surface area contributed by atoms with Crippen molar-refractivity contribution < 1.29 is 5.11 Å². The lowest BCUT2D eigenvalue weighted by Gasteiger charge is -2.17. The van der Waals surface area contributed by atoms with Gasteiger partial charge in [0.2, 0.25) is 0 Å².